The molecule has 0 fully saturated rings. The first-order chi connectivity index (χ1) is 9.75. The van der Waals surface area contributed by atoms with Gasteiger partial charge in [0.05, 0.1) is 4.90 Å². The molecule has 0 aromatic heterocycles. The molecule has 5 nitrogen and oxygen atoms in total. The van der Waals surface area contributed by atoms with Gasteiger partial charge in [-0.25, -0.2) is 17.9 Å². The lowest BCUT2D eigenvalue weighted by Crippen LogP contribution is -2.13. The van der Waals surface area contributed by atoms with Crippen molar-refractivity contribution < 1.29 is 17.9 Å². The summed E-state index contributed by atoms with van der Waals surface area (Å²) in [7, 11) is -3.78. The standard InChI is InChI=1S/C14H15FN2O3S/c1-9-2-3-13(21(16,19)20)7-14(9)17-8-10-4-11(15)6-12(18)5-10/h2-7,17-18H,8H2,1H3,(H2,16,19,20). The predicted molar refractivity (Wildman–Crippen MR) is 77.9 cm³/mol. The first kappa shape index (κ1) is 15.3. The number of primary sulfonamides is 1. The van der Waals surface area contributed by atoms with Crippen molar-refractivity contribution in [3.8, 4) is 5.75 Å². The van der Waals surface area contributed by atoms with Gasteiger partial charge in [0.25, 0.3) is 0 Å². The summed E-state index contributed by atoms with van der Waals surface area (Å²) in [5.41, 5.74) is 1.93. The van der Waals surface area contributed by atoms with E-state index in [4.69, 9.17) is 5.14 Å². The van der Waals surface area contributed by atoms with Crippen LogP contribution in [0.2, 0.25) is 0 Å². The Balaban J connectivity index is 2.23. The van der Waals surface area contributed by atoms with Gasteiger partial charge in [-0.05, 0) is 42.3 Å². The van der Waals surface area contributed by atoms with Crippen LogP contribution in [0.5, 0.6) is 5.75 Å². The van der Waals surface area contributed by atoms with Crippen LogP contribution in [0.25, 0.3) is 0 Å². The van der Waals surface area contributed by atoms with Gasteiger partial charge < -0.3 is 10.4 Å². The lowest BCUT2D eigenvalue weighted by molar-refractivity contribution is 0.468. The lowest BCUT2D eigenvalue weighted by Gasteiger charge is -2.11. The number of hydrogen-bond acceptors (Lipinski definition) is 4. The quantitative estimate of drug-likeness (QED) is 0.806. The van der Waals surface area contributed by atoms with E-state index in [1.54, 1.807) is 13.0 Å². The molecule has 0 bridgehead atoms. The maximum absolute atomic E-state index is 13.2. The van der Waals surface area contributed by atoms with Crippen molar-refractivity contribution in [2.45, 2.75) is 18.4 Å². The molecule has 0 unspecified atom stereocenters. The van der Waals surface area contributed by atoms with Crippen molar-refractivity contribution in [2.24, 2.45) is 5.14 Å². The van der Waals surface area contributed by atoms with Gasteiger partial charge in [0.1, 0.15) is 11.6 Å². The molecule has 0 aliphatic rings. The summed E-state index contributed by atoms with van der Waals surface area (Å²) in [5, 5.41) is 17.4. The number of hydrogen-bond donors (Lipinski definition) is 3. The summed E-state index contributed by atoms with van der Waals surface area (Å²) in [6, 6.07) is 8.19. The molecule has 112 valence electrons. The molecule has 0 saturated heterocycles. The third kappa shape index (κ3) is 3.93. The number of nitrogens with one attached hydrogen (secondary N) is 1. The van der Waals surface area contributed by atoms with Crippen molar-refractivity contribution in [3.05, 3.63) is 53.3 Å². The number of nitrogens with two attached hydrogens (primary N) is 1. The highest BCUT2D eigenvalue weighted by molar-refractivity contribution is 7.89. The normalized spacial score (nSPS) is 11.4. The van der Waals surface area contributed by atoms with Gasteiger partial charge in [-0.2, -0.15) is 0 Å². The number of sulfonamides is 1. The summed E-state index contributed by atoms with van der Waals surface area (Å²) in [6.07, 6.45) is 0. The number of aryl methyl sites for hydroxylation is 1. The van der Waals surface area contributed by atoms with Crippen molar-refractivity contribution in [2.75, 3.05) is 5.32 Å². The van der Waals surface area contributed by atoms with Gasteiger partial charge in [-0.15, -0.1) is 0 Å². The minimum absolute atomic E-state index is 0.00214. The molecular weight excluding hydrogens is 295 g/mol. The number of phenolic OH excluding ortho intramolecular Hbond substituents is 1. The van der Waals surface area contributed by atoms with Gasteiger partial charge in [0.15, 0.2) is 0 Å². The average molecular weight is 310 g/mol. The van der Waals surface area contributed by atoms with Crippen molar-refractivity contribution >= 4 is 15.7 Å². The minimum atomic E-state index is -3.78. The first-order valence-electron chi connectivity index (χ1n) is 6.11. The van der Waals surface area contributed by atoms with Crippen LogP contribution >= 0.6 is 0 Å². The molecule has 0 spiro atoms. The molecule has 0 amide bonds. The fourth-order valence-corrected chi connectivity index (χ4v) is 2.44. The van der Waals surface area contributed by atoms with Crippen LogP contribution in [-0.4, -0.2) is 13.5 Å². The van der Waals surface area contributed by atoms with Crippen molar-refractivity contribution in [1.29, 1.82) is 0 Å². The number of halogens is 1. The zero-order valence-corrected chi connectivity index (χ0v) is 12.1. The summed E-state index contributed by atoms with van der Waals surface area (Å²) in [6.45, 7) is 2.04. The Morgan fingerprint density at radius 2 is 1.95 bits per heavy atom. The second-order valence-electron chi connectivity index (χ2n) is 4.69. The molecule has 2 rings (SSSR count). The van der Waals surface area contributed by atoms with E-state index in [2.05, 4.69) is 5.32 Å². The van der Waals surface area contributed by atoms with Crippen LogP contribution in [0.4, 0.5) is 10.1 Å². The summed E-state index contributed by atoms with van der Waals surface area (Å²) in [4.78, 5) is -0.00214. The Morgan fingerprint density at radius 3 is 2.57 bits per heavy atom. The third-order valence-electron chi connectivity index (χ3n) is 2.96. The molecule has 0 aliphatic carbocycles. The fourth-order valence-electron chi connectivity index (χ4n) is 1.90. The van der Waals surface area contributed by atoms with E-state index in [0.717, 1.165) is 11.6 Å². The van der Waals surface area contributed by atoms with E-state index in [0.29, 0.717) is 11.3 Å². The van der Waals surface area contributed by atoms with Crippen LogP contribution in [0.3, 0.4) is 0 Å². The summed E-state index contributed by atoms with van der Waals surface area (Å²) in [5.74, 6) is -0.705. The van der Waals surface area contributed by atoms with Gasteiger partial charge in [-0.1, -0.05) is 6.07 Å². The number of anilines is 1. The Bertz CT molecular complexity index is 756. The Hall–Kier alpha value is -2.12. The number of rotatable bonds is 4. The molecule has 0 atom stereocenters. The molecule has 0 saturated carbocycles. The first-order valence-corrected chi connectivity index (χ1v) is 7.66. The zero-order chi connectivity index (χ0) is 15.6. The van der Waals surface area contributed by atoms with Crippen molar-refractivity contribution in [1.82, 2.24) is 0 Å². The fraction of sp³-hybridized carbons (Fsp3) is 0.143. The van der Waals surface area contributed by atoms with E-state index in [1.165, 1.54) is 24.3 Å². The largest absolute Gasteiger partial charge is 0.508 e. The highest BCUT2D eigenvalue weighted by atomic mass is 32.2. The van der Waals surface area contributed by atoms with Crippen molar-refractivity contribution in [3.63, 3.8) is 0 Å². The molecule has 7 heteroatoms. The van der Waals surface area contributed by atoms with E-state index in [-0.39, 0.29) is 17.2 Å². The van der Waals surface area contributed by atoms with Crippen LogP contribution in [0.15, 0.2) is 41.3 Å². The highest BCUT2D eigenvalue weighted by Crippen LogP contribution is 2.21. The maximum atomic E-state index is 13.2. The zero-order valence-electron chi connectivity index (χ0n) is 11.3. The molecule has 2 aromatic carbocycles. The molecule has 0 radical (unpaired) electrons. The molecular formula is C14H15FN2O3S. The number of phenols is 1. The average Bonchev–Trinajstić information content (AvgIpc) is 2.35. The predicted octanol–water partition coefficient (Wildman–Crippen LogP) is 2.10. The summed E-state index contributed by atoms with van der Waals surface area (Å²) < 4.78 is 35.8. The lowest BCUT2D eigenvalue weighted by atomic mass is 10.1. The van der Waals surface area contributed by atoms with E-state index in [1.807, 2.05) is 0 Å². The Labute approximate surface area is 122 Å². The maximum Gasteiger partial charge on any atom is 0.238 e. The monoisotopic (exact) mass is 310 g/mol. The Kier molecular flexibility index (Phi) is 4.15. The second-order valence-corrected chi connectivity index (χ2v) is 6.25. The number of benzene rings is 2. The molecule has 4 N–H and O–H groups in total. The second kappa shape index (κ2) is 5.71. The van der Waals surface area contributed by atoms with E-state index < -0.39 is 15.8 Å². The molecule has 0 heterocycles. The summed E-state index contributed by atoms with van der Waals surface area (Å²) >= 11 is 0. The smallest absolute Gasteiger partial charge is 0.238 e. The van der Waals surface area contributed by atoms with Crippen LogP contribution in [-0.2, 0) is 16.6 Å². The van der Waals surface area contributed by atoms with Crippen LogP contribution in [0, 0.1) is 12.7 Å². The topological polar surface area (TPSA) is 92.4 Å². The van der Waals surface area contributed by atoms with Crippen LogP contribution in [0.1, 0.15) is 11.1 Å². The van der Waals surface area contributed by atoms with Gasteiger partial charge in [0.2, 0.25) is 10.0 Å². The molecule has 21 heavy (non-hydrogen) atoms. The minimum Gasteiger partial charge on any atom is -0.508 e. The number of aromatic hydroxyl groups is 1. The van der Waals surface area contributed by atoms with Gasteiger partial charge >= 0.3 is 0 Å². The van der Waals surface area contributed by atoms with E-state index >= 15 is 0 Å². The molecule has 0 aliphatic heterocycles. The SMILES string of the molecule is Cc1ccc(S(N)(=O)=O)cc1NCc1cc(O)cc(F)c1. The van der Waals surface area contributed by atoms with Crippen LogP contribution < -0.4 is 10.5 Å². The van der Waals surface area contributed by atoms with Gasteiger partial charge in [-0.3, -0.25) is 0 Å². The molecule has 2 aromatic rings. The highest BCUT2D eigenvalue weighted by Gasteiger charge is 2.10. The van der Waals surface area contributed by atoms with Gasteiger partial charge in [0, 0.05) is 18.3 Å². The van der Waals surface area contributed by atoms with E-state index in [9.17, 15) is 17.9 Å². The Morgan fingerprint density at radius 1 is 1.24 bits per heavy atom. The third-order valence-corrected chi connectivity index (χ3v) is 3.87.